The van der Waals surface area contributed by atoms with Gasteiger partial charge in [0.15, 0.2) is 0 Å². The minimum Gasteiger partial charge on any atom is -0.357 e. The van der Waals surface area contributed by atoms with Crippen LogP contribution in [0.25, 0.3) is 0 Å². The zero-order valence-corrected chi connectivity index (χ0v) is 12.0. The minimum absolute atomic E-state index is 0.621. The molecule has 0 radical (unpaired) electrons. The number of hydrogen-bond donors (Lipinski definition) is 1. The molecule has 2 aromatic rings. The first-order valence-electron chi connectivity index (χ1n) is 7.31. The summed E-state index contributed by atoms with van der Waals surface area (Å²) in [6, 6.07) is 8.92. The van der Waals surface area contributed by atoms with Gasteiger partial charge in [-0.15, -0.1) is 0 Å². The zero-order valence-electron chi connectivity index (χ0n) is 12.0. The highest BCUT2D eigenvalue weighted by atomic mass is 15.2. The average molecular weight is 270 g/mol. The lowest BCUT2D eigenvalue weighted by Crippen LogP contribution is -2.42. The van der Waals surface area contributed by atoms with E-state index < -0.39 is 0 Å². The van der Waals surface area contributed by atoms with E-state index >= 15 is 0 Å². The Balaban J connectivity index is 1.47. The van der Waals surface area contributed by atoms with Crippen LogP contribution in [0.5, 0.6) is 0 Å². The monoisotopic (exact) mass is 270 g/mol. The smallest absolute Gasteiger partial charge is 0.128 e. The van der Waals surface area contributed by atoms with Crippen LogP contribution in [0.4, 0.5) is 5.82 Å². The number of pyridine rings is 1. The van der Waals surface area contributed by atoms with Gasteiger partial charge in [-0.2, -0.15) is 0 Å². The second-order valence-electron chi connectivity index (χ2n) is 5.52. The first kappa shape index (κ1) is 13.2. The predicted octanol–water partition coefficient (Wildman–Crippen LogP) is 2.18. The van der Waals surface area contributed by atoms with E-state index in [1.807, 2.05) is 12.3 Å². The Kier molecular flexibility index (Phi) is 4.02. The summed E-state index contributed by atoms with van der Waals surface area (Å²) in [5.41, 5.74) is 1.36. The van der Waals surface area contributed by atoms with E-state index in [1.165, 1.54) is 18.4 Å². The molecule has 0 aliphatic carbocycles. The van der Waals surface area contributed by atoms with Crippen LogP contribution in [0.15, 0.2) is 42.9 Å². The van der Waals surface area contributed by atoms with Crippen LogP contribution < -0.4 is 10.2 Å². The molecule has 1 N–H and O–H groups in total. The van der Waals surface area contributed by atoms with Gasteiger partial charge in [-0.3, -0.25) is 0 Å². The summed E-state index contributed by atoms with van der Waals surface area (Å²) >= 11 is 0. The fourth-order valence-corrected chi connectivity index (χ4v) is 2.78. The maximum Gasteiger partial charge on any atom is 0.128 e. The molecule has 4 heteroatoms. The standard InChI is InChI=1S/C16H22N4/c1-19-9-5-14(13-19)12-18-15-6-10-20(11-7-15)16-4-2-3-8-17-16/h2-5,8-9,13,15,18H,6-7,10-12H2,1H3. The topological polar surface area (TPSA) is 33.1 Å². The van der Waals surface area contributed by atoms with Gasteiger partial charge < -0.3 is 14.8 Å². The molecule has 0 atom stereocenters. The predicted molar refractivity (Wildman–Crippen MR) is 81.7 cm³/mol. The van der Waals surface area contributed by atoms with Crippen molar-refractivity contribution < 1.29 is 0 Å². The first-order valence-corrected chi connectivity index (χ1v) is 7.31. The number of rotatable bonds is 4. The van der Waals surface area contributed by atoms with Crippen molar-refractivity contribution in [2.24, 2.45) is 7.05 Å². The van der Waals surface area contributed by atoms with Gasteiger partial charge in [-0.1, -0.05) is 6.07 Å². The van der Waals surface area contributed by atoms with Gasteiger partial charge in [0.25, 0.3) is 0 Å². The van der Waals surface area contributed by atoms with Crippen LogP contribution in [0, 0.1) is 0 Å². The summed E-state index contributed by atoms with van der Waals surface area (Å²) in [7, 11) is 2.06. The third-order valence-corrected chi connectivity index (χ3v) is 3.96. The second-order valence-corrected chi connectivity index (χ2v) is 5.52. The summed E-state index contributed by atoms with van der Waals surface area (Å²) in [5, 5.41) is 3.66. The van der Waals surface area contributed by atoms with Crippen molar-refractivity contribution in [1.29, 1.82) is 0 Å². The van der Waals surface area contributed by atoms with Gasteiger partial charge in [-0.25, -0.2) is 4.98 Å². The van der Waals surface area contributed by atoms with Crippen molar-refractivity contribution in [3.8, 4) is 0 Å². The maximum atomic E-state index is 4.43. The van der Waals surface area contributed by atoms with E-state index in [9.17, 15) is 0 Å². The Hall–Kier alpha value is -1.81. The molecule has 1 aliphatic heterocycles. The molecular formula is C16H22N4. The molecule has 4 nitrogen and oxygen atoms in total. The molecule has 0 bridgehead atoms. The number of anilines is 1. The molecule has 106 valence electrons. The summed E-state index contributed by atoms with van der Waals surface area (Å²) < 4.78 is 2.10. The Labute approximate surface area is 120 Å². The zero-order chi connectivity index (χ0) is 13.8. The molecule has 3 heterocycles. The average Bonchev–Trinajstić information content (AvgIpc) is 2.92. The summed E-state index contributed by atoms with van der Waals surface area (Å²) in [6.07, 6.45) is 8.51. The van der Waals surface area contributed by atoms with Crippen LogP contribution >= 0.6 is 0 Å². The molecule has 0 saturated carbocycles. The molecule has 0 aromatic carbocycles. The van der Waals surface area contributed by atoms with Gasteiger partial charge in [0, 0.05) is 51.3 Å². The molecule has 0 spiro atoms. The Bertz CT molecular complexity index is 526. The van der Waals surface area contributed by atoms with Crippen LogP contribution in [0.3, 0.4) is 0 Å². The van der Waals surface area contributed by atoms with Crippen LogP contribution in [0.2, 0.25) is 0 Å². The number of aromatic nitrogens is 2. The van der Waals surface area contributed by atoms with Crippen molar-refractivity contribution in [1.82, 2.24) is 14.9 Å². The van der Waals surface area contributed by atoms with Gasteiger partial charge >= 0.3 is 0 Å². The summed E-state index contributed by atoms with van der Waals surface area (Å²) in [6.45, 7) is 3.14. The molecule has 1 saturated heterocycles. The van der Waals surface area contributed by atoms with Crippen LogP contribution in [-0.2, 0) is 13.6 Å². The fourth-order valence-electron chi connectivity index (χ4n) is 2.78. The lowest BCUT2D eigenvalue weighted by molar-refractivity contribution is 0.413. The lowest BCUT2D eigenvalue weighted by atomic mass is 10.0. The highest BCUT2D eigenvalue weighted by Crippen LogP contribution is 2.17. The minimum atomic E-state index is 0.621. The largest absolute Gasteiger partial charge is 0.357 e. The van der Waals surface area contributed by atoms with Crippen LogP contribution in [0.1, 0.15) is 18.4 Å². The summed E-state index contributed by atoms with van der Waals surface area (Å²) in [5.74, 6) is 1.11. The lowest BCUT2D eigenvalue weighted by Gasteiger charge is -2.33. The highest BCUT2D eigenvalue weighted by Gasteiger charge is 2.19. The van der Waals surface area contributed by atoms with E-state index in [0.717, 1.165) is 25.5 Å². The van der Waals surface area contributed by atoms with Crippen molar-refractivity contribution in [2.45, 2.75) is 25.4 Å². The Morgan fingerprint density at radius 2 is 2.10 bits per heavy atom. The molecule has 20 heavy (non-hydrogen) atoms. The van der Waals surface area contributed by atoms with Gasteiger partial charge in [-0.05, 0) is 36.6 Å². The third-order valence-electron chi connectivity index (χ3n) is 3.96. The SMILES string of the molecule is Cn1ccc(CNC2CCN(c3ccccn3)CC2)c1. The molecule has 2 aromatic heterocycles. The van der Waals surface area contributed by atoms with Gasteiger partial charge in [0.1, 0.15) is 5.82 Å². The molecule has 1 fully saturated rings. The number of piperidine rings is 1. The summed E-state index contributed by atoms with van der Waals surface area (Å²) in [4.78, 5) is 6.80. The van der Waals surface area contributed by atoms with Crippen LogP contribution in [-0.4, -0.2) is 28.7 Å². The maximum absolute atomic E-state index is 4.43. The highest BCUT2D eigenvalue weighted by molar-refractivity contribution is 5.38. The van der Waals surface area contributed by atoms with Crippen molar-refractivity contribution >= 4 is 5.82 Å². The first-order chi connectivity index (χ1) is 9.81. The number of hydrogen-bond acceptors (Lipinski definition) is 3. The van der Waals surface area contributed by atoms with E-state index in [1.54, 1.807) is 0 Å². The molecule has 0 amide bonds. The van der Waals surface area contributed by atoms with E-state index in [0.29, 0.717) is 6.04 Å². The van der Waals surface area contributed by atoms with E-state index in [4.69, 9.17) is 0 Å². The quantitative estimate of drug-likeness (QED) is 0.924. The van der Waals surface area contributed by atoms with Gasteiger partial charge in [0.2, 0.25) is 0 Å². The molecule has 0 unspecified atom stereocenters. The molecular weight excluding hydrogens is 248 g/mol. The number of nitrogens with one attached hydrogen (secondary N) is 1. The second kappa shape index (κ2) is 6.09. The Morgan fingerprint density at radius 1 is 1.25 bits per heavy atom. The molecule has 3 rings (SSSR count). The van der Waals surface area contributed by atoms with E-state index in [2.05, 4.69) is 57.4 Å². The molecule has 1 aliphatic rings. The third kappa shape index (κ3) is 3.20. The Morgan fingerprint density at radius 3 is 2.75 bits per heavy atom. The van der Waals surface area contributed by atoms with Crippen molar-refractivity contribution in [2.75, 3.05) is 18.0 Å². The van der Waals surface area contributed by atoms with Crippen molar-refractivity contribution in [3.05, 3.63) is 48.4 Å². The number of nitrogens with zero attached hydrogens (tertiary/aromatic N) is 3. The van der Waals surface area contributed by atoms with Crippen molar-refractivity contribution in [3.63, 3.8) is 0 Å². The van der Waals surface area contributed by atoms with E-state index in [-0.39, 0.29) is 0 Å². The normalized spacial score (nSPS) is 16.6. The fraction of sp³-hybridized carbons (Fsp3) is 0.438. The van der Waals surface area contributed by atoms with Gasteiger partial charge in [0.05, 0.1) is 0 Å². The number of aryl methyl sites for hydroxylation is 1.